The van der Waals surface area contributed by atoms with Gasteiger partial charge in [-0.15, -0.1) is 0 Å². The van der Waals surface area contributed by atoms with Crippen molar-refractivity contribution in [2.75, 3.05) is 6.54 Å². The van der Waals surface area contributed by atoms with Gasteiger partial charge in [0.25, 0.3) is 0 Å². The van der Waals surface area contributed by atoms with Gasteiger partial charge in [-0.1, -0.05) is 34.5 Å². The molecule has 1 fully saturated rings. The lowest BCUT2D eigenvalue weighted by Gasteiger charge is -2.23. The summed E-state index contributed by atoms with van der Waals surface area (Å²) >= 11 is 9.76. The van der Waals surface area contributed by atoms with Crippen molar-refractivity contribution in [2.45, 2.75) is 38.3 Å². The summed E-state index contributed by atoms with van der Waals surface area (Å²) in [5, 5.41) is 4.43. The fourth-order valence-corrected chi connectivity index (χ4v) is 3.34. The maximum Gasteiger partial charge on any atom is 0.0461 e. The van der Waals surface area contributed by atoms with Gasteiger partial charge in [0.15, 0.2) is 0 Å². The van der Waals surface area contributed by atoms with Gasteiger partial charge < -0.3 is 11.1 Å². The molecule has 2 nitrogen and oxygen atoms in total. The minimum absolute atomic E-state index is 0.144. The molecule has 0 saturated heterocycles. The molecule has 0 aromatic heterocycles. The number of benzene rings is 1. The molecule has 0 heterocycles. The van der Waals surface area contributed by atoms with E-state index in [0.717, 1.165) is 21.0 Å². The Hall–Kier alpha value is -0.0900. The van der Waals surface area contributed by atoms with Crippen molar-refractivity contribution in [3.63, 3.8) is 0 Å². The fourth-order valence-electron chi connectivity index (χ4n) is 2.71. The maximum atomic E-state index is 6.27. The zero-order chi connectivity index (χ0) is 13.1. The summed E-state index contributed by atoms with van der Waals surface area (Å²) in [6.45, 7) is 2.88. The third-order valence-corrected chi connectivity index (χ3v) is 4.54. The molecule has 2 rings (SSSR count). The van der Waals surface area contributed by atoms with Gasteiger partial charge in [0.1, 0.15) is 0 Å². The zero-order valence-corrected chi connectivity index (χ0v) is 13.0. The monoisotopic (exact) mass is 330 g/mol. The Morgan fingerprint density at radius 2 is 2.28 bits per heavy atom. The Morgan fingerprint density at radius 1 is 1.50 bits per heavy atom. The van der Waals surface area contributed by atoms with Crippen LogP contribution in [0.15, 0.2) is 22.7 Å². The van der Waals surface area contributed by atoms with Crippen LogP contribution < -0.4 is 11.1 Å². The summed E-state index contributed by atoms with van der Waals surface area (Å²) in [6.07, 6.45) is 3.78. The summed E-state index contributed by atoms with van der Waals surface area (Å²) in [4.78, 5) is 0. The Balaban J connectivity index is 2.10. The van der Waals surface area contributed by atoms with Crippen LogP contribution in [0.1, 0.15) is 37.8 Å². The first-order valence-electron chi connectivity index (χ1n) is 6.51. The van der Waals surface area contributed by atoms with E-state index in [9.17, 15) is 0 Å². The molecule has 4 heteroatoms. The molecule has 3 unspecified atom stereocenters. The SMILES string of the molecule is CC1CCC(NC(CN)c2cc(Br)ccc2Cl)C1. The molecule has 0 amide bonds. The van der Waals surface area contributed by atoms with Gasteiger partial charge in [-0.05, 0) is 48.9 Å². The molecule has 1 aliphatic rings. The van der Waals surface area contributed by atoms with Crippen LogP contribution in [-0.4, -0.2) is 12.6 Å². The highest BCUT2D eigenvalue weighted by atomic mass is 79.9. The molecule has 0 radical (unpaired) electrons. The minimum atomic E-state index is 0.144. The number of hydrogen-bond donors (Lipinski definition) is 2. The van der Waals surface area contributed by atoms with E-state index in [1.54, 1.807) is 0 Å². The molecule has 0 aliphatic heterocycles. The van der Waals surface area contributed by atoms with Crippen LogP contribution in [-0.2, 0) is 0 Å². The Morgan fingerprint density at radius 3 is 2.89 bits per heavy atom. The van der Waals surface area contributed by atoms with E-state index < -0.39 is 0 Å². The van der Waals surface area contributed by atoms with E-state index in [2.05, 4.69) is 34.2 Å². The summed E-state index contributed by atoms with van der Waals surface area (Å²) in [5.74, 6) is 0.818. The van der Waals surface area contributed by atoms with E-state index in [4.69, 9.17) is 17.3 Å². The first-order chi connectivity index (χ1) is 8.60. The Labute approximate surface area is 122 Å². The van der Waals surface area contributed by atoms with Crippen LogP contribution in [0.5, 0.6) is 0 Å². The minimum Gasteiger partial charge on any atom is -0.329 e. The Kier molecular flexibility index (Phi) is 5.07. The van der Waals surface area contributed by atoms with Gasteiger partial charge in [0, 0.05) is 28.1 Å². The molecule has 1 saturated carbocycles. The van der Waals surface area contributed by atoms with Crippen LogP contribution in [0.3, 0.4) is 0 Å². The summed E-state index contributed by atoms with van der Waals surface area (Å²) in [7, 11) is 0. The highest BCUT2D eigenvalue weighted by Gasteiger charge is 2.24. The summed E-state index contributed by atoms with van der Waals surface area (Å²) in [6, 6.07) is 6.65. The Bertz CT molecular complexity index is 411. The average molecular weight is 332 g/mol. The van der Waals surface area contributed by atoms with Crippen molar-refractivity contribution in [3.05, 3.63) is 33.3 Å². The molecule has 1 aromatic rings. The highest BCUT2D eigenvalue weighted by Crippen LogP contribution is 2.30. The van der Waals surface area contributed by atoms with Gasteiger partial charge in [0.2, 0.25) is 0 Å². The zero-order valence-electron chi connectivity index (χ0n) is 10.6. The quantitative estimate of drug-likeness (QED) is 0.878. The van der Waals surface area contributed by atoms with Crippen LogP contribution in [0.2, 0.25) is 5.02 Å². The highest BCUT2D eigenvalue weighted by molar-refractivity contribution is 9.10. The van der Waals surface area contributed by atoms with Crippen molar-refractivity contribution in [2.24, 2.45) is 11.7 Å². The molecule has 3 N–H and O–H groups in total. The number of halogens is 2. The van der Waals surface area contributed by atoms with E-state index in [-0.39, 0.29) is 6.04 Å². The third-order valence-electron chi connectivity index (χ3n) is 3.70. The predicted octanol–water partition coefficient (Wildman–Crippen LogP) is 3.88. The van der Waals surface area contributed by atoms with Gasteiger partial charge in [-0.2, -0.15) is 0 Å². The van der Waals surface area contributed by atoms with Gasteiger partial charge in [0.05, 0.1) is 0 Å². The van der Waals surface area contributed by atoms with Crippen molar-refractivity contribution in [1.29, 1.82) is 0 Å². The normalized spacial score (nSPS) is 25.3. The number of rotatable bonds is 4. The van der Waals surface area contributed by atoms with Crippen LogP contribution in [0, 0.1) is 5.92 Å². The molecule has 3 atom stereocenters. The predicted molar refractivity (Wildman–Crippen MR) is 80.9 cm³/mol. The van der Waals surface area contributed by atoms with Crippen molar-refractivity contribution in [1.82, 2.24) is 5.32 Å². The number of nitrogens with one attached hydrogen (secondary N) is 1. The van der Waals surface area contributed by atoms with Gasteiger partial charge in [-0.25, -0.2) is 0 Å². The lowest BCUT2D eigenvalue weighted by Crippen LogP contribution is -2.35. The molecular weight excluding hydrogens is 312 g/mol. The van der Waals surface area contributed by atoms with Crippen LogP contribution in [0.25, 0.3) is 0 Å². The van der Waals surface area contributed by atoms with Crippen molar-refractivity contribution < 1.29 is 0 Å². The van der Waals surface area contributed by atoms with E-state index in [1.165, 1.54) is 19.3 Å². The van der Waals surface area contributed by atoms with Crippen LogP contribution in [0.4, 0.5) is 0 Å². The molecule has 0 bridgehead atoms. The second-order valence-corrected chi connectivity index (χ2v) is 6.56. The molecule has 18 heavy (non-hydrogen) atoms. The lowest BCUT2D eigenvalue weighted by atomic mass is 10.0. The fraction of sp³-hybridized carbons (Fsp3) is 0.571. The van der Waals surface area contributed by atoms with E-state index >= 15 is 0 Å². The lowest BCUT2D eigenvalue weighted by molar-refractivity contribution is 0.434. The molecule has 0 spiro atoms. The van der Waals surface area contributed by atoms with Crippen molar-refractivity contribution in [3.8, 4) is 0 Å². The van der Waals surface area contributed by atoms with Crippen molar-refractivity contribution >= 4 is 27.5 Å². The largest absolute Gasteiger partial charge is 0.329 e. The number of nitrogens with two attached hydrogens (primary N) is 1. The number of hydrogen-bond acceptors (Lipinski definition) is 2. The van der Waals surface area contributed by atoms with Crippen LogP contribution >= 0.6 is 27.5 Å². The van der Waals surface area contributed by atoms with E-state index in [1.807, 2.05) is 12.1 Å². The molecule has 100 valence electrons. The van der Waals surface area contributed by atoms with Gasteiger partial charge in [-0.3, -0.25) is 0 Å². The first-order valence-corrected chi connectivity index (χ1v) is 7.68. The van der Waals surface area contributed by atoms with Gasteiger partial charge >= 0.3 is 0 Å². The molecule has 1 aliphatic carbocycles. The standard InChI is InChI=1S/C14H20BrClN2/c1-9-2-4-11(6-9)18-14(8-17)12-7-10(15)3-5-13(12)16/h3,5,7,9,11,14,18H,2,4,6,8,17H2,1H3. The average Bonchev–Trinajstić information content (AvgIpc) is 2.75. The maximum absolute atomic E-state index is 6.27. The summed E-state index contributed by atoms with van der Waals surface area (Å²) < 4.78 is 1.04. The third kappa shape index (κ3) is 3.47. The second kappa shape index (κ2) is 6.38. The molecule has 1 aromatic carbocycles. The second-order valence-electron chi connectivity index (χ2n) is 5.24. The first kappa shape index (κ1) is 14.3. The topological polar surface area (TPSA) is 38.0 Å². The van der Waals surface area contributed by atoms with E-state index in [0.29, 0.717) is 12.6 Å². The smallest absolute Gasteiger partial charge is 0.0461 e. The molecular formula is C14H20BrClN2. The summed E-state index contributed by atoms with van der Waals surface area (Å²) in [5.41, 5.74) is 6.99.